The fourth-order valence-electron chi connectivity index (χ4n) is 2.69. The predicted octanol–water partition coefficient (Wildman–Crippen LogP) is 2.85. The van der Waals surface area contributed by atoms with Crippen molar-refractivity contribution >= 4 is 11.4 Å². The van der Waals surface area contributed by atoms with Crippen LogP contribution in [0.15, 0.2) is 18.2 Å². The van der Waals surface area contributed by atoms with Crippen molar-refractivity contribution in [2.45, 2.75) is 45.2 Å². The van der Waals surface area contributed by atoms with Gasteiger partial charge in [-0.1, -0.05) is 6.07 Å². The molecule has 2 N–H and O–H groups in total. The minimum atomic E-state index is -0.330. The monoisotopic (exact) mass is 263 g/mol. The molecule has 0 radical (unpaired) electrons. The lowest BCUT2D eigenvalue weighted by atomic mass is 10.1. The van der Waals surface area contributed by atoms with E-state index in [1.54, 1.807) is 19.1 Å². The summed E-state index contributed by atoms with van der Waals surface area (Å²) in [4.78, 5) is 10.6. The van der Waals surface area contributed by atoms with Crippen LogP contribution in [-0.4, -0.2) is 23.6 Å². The van der Waals surface area contributed by atoms with Gasteiger partial charge in [-0.05, 0) is 45.7 Å². The lowest BCUT2D eigenvalue weighted by Crippen LogP contribution is -2.29. The van der Waals surface area contributed by atoms with Crippen LogP contribution in [0.25, 0.3) is 0 Å². The van der Waals surface area contributed by atoms with Crippen molar-refractivity contribution in [3.8, 4) is 0 Å². The third-order valence-corrected chi connectivity index (χ3v) is 3.70. The standard InChI is InChI=1S/C14H21N3O2/c1-10(9-12-5-4-8-15-12)16-13-6-3-7-14(11(13)2)17(18)19/h3,6-7,10,12,15-16H,4-5,8-9H2,1-2H3. The van der Waals surface area contributed by atoms with E-state index in [-0.39, 0.29) is 10.6 Å². The highest BCUT2D eigenvalue weighted by Gasteiger charge is 2.18. The van der Waals surface area contributed by atoms with Gasteiger partial charge in [-0.2, -0.15) is 0 Å². The molecule has 19 heavy (non-hydrogen) atoms. The Labute approximate surface area is 113 Å². The van der Waals surface area contributed by atoms with E-state index in [0.29, 0.717) is 17.6 Å². The molecule has 5 heteroatoms. The van der Waals surface area contributed by atoms with Crippen molar-refractivity contribution < 1.29 is 4.92 Å². The second-order valence-electron chi connectivity index (χ2n) is 5.28. The number of hydrogen-bond donors (Lipinski definition) is 2. The Bertz CT molecular complexity index is 456. The normalized spacial score (nSPS) is 20.2. The number of nitro groups is 1. The molecule has 1 aliphatic rings. The summed E-state index contributed by atoms with van der Waals surface area (Å²) in [5.74, 6) is 0. The van der Waals surface area contributed by atoms with E-state index in [0.717, 1.165) is 18.7 Å². The van der Waals surface area contributed by atoms with E-state index in [4.69, 9.17) is 0 Å². The van der Waals surface area contributed by atoms with Crippen molar-refractivity contribution in [3.05, 3.63) is 33.9 Å². The molecule has 1 saturated heterocycles. The lowest BCUT2D eigenvalue weighted by molar-refractivity contribution is -0.385. The number of nitrogens with one attached hydrogen (secondary N) is 2. The number of hydrogen-bond acceptors (Lipinski definition) is 4. The summed E-state index contributed by atoms with van der Waals surface area (Å²) in [6.45, 7) is 5.02. The zero-order chi connectivity index (χ0) is 13.8. The Balaban J connectivity index is 2.01. The van der Waals surface area contributed by atoms with Crippen LogP contribution in [0.3, 0.4) is 0 Å². The molecule has 0 bridgehead atoms. The summed E-state index contributed by atoms with van der Waals surface area (Å²) >= 11 is 0. The van der Waals surface area contributed by atoms with Crippen LogP contribution < -0.4 is 10.6 Å². The van der Waals surface area contributed by atoms with Gasteiger partial charge in [0.2, 0.25) is 0 Å². The average molecular weight is 263 g/mol. The molecule has 0 amide bonds. The summed E-state index contributed by atoms with van der Waals surface area (Å²) in [6, 6.07) is 6.05. The molecule has 1 aromatic carbocycles. The Morgan fingerprint density at radius 1 is 1.58 bits per heavy atom. The molecule has 0 spiro atoms. The van der Waals surface area contributed by atoms with Gasteiger partial charge in [0.15, 0.2) is 0 Å². The van der Waals surface area contributed by atoms with Crippen molar-refractivity contribution in [2.75, 3.05) is 11.9 Å². The van der Waals surface area contributed by atoms with Crippen molar-refractivity contribution in [3.63, 3.8) is 0 Å². The minimum absolute atomic E-state index is 0.177. The van der Waals surface area contributed by atoms with Crippen LogP contribution in [-0.2, 0) is 0 Å². The maximum absolute atomic E-state index is 10.9. The third kappa shape index (κ3) is 3.44. The van der Waals surface area contributed by atoms with E-state index in [9.17, 15) is 10.1 Å². The van der Waals surface area contributed by atoms with Crippen molar-refractivity contribution in [2.24, 2.45) is 0 Å². The Morgan fingerprint density at radius 3 is 3.00 bits per heavy atom. The molecule has 2 unspecified atom stereocenters. The molecular weight excluding hydrogens is 242 g/mol. The molecule has 1 fully saturated rings. The van der Waals surface area contributed by atoms with Gasteiger partial charge in [0, 0.05) is 29.4 Å². The molecule has 1 aromatic rings. The Morgan fingerprint density at radius 2 is 2.37 bits per heavy atom. The van der Waals surface area contributed by atoms with Gasteiger partial charge >= 0.3 is 0 Å². The maximum atomic E-state index is 10.9. The zero-order valence-corrected chi connectivity index (χ0v) is 11.5. The Hall–Kier alpha value is -1.62. The summed E-state index contributed by atoms with van der Waals surface area (Å²) in [5.41, 5.74) is 1.75. The lowest BCUT2D eigenvalue weighted by Gasteiger charge is -2.20. The highest BCUT2D eigenvalue weighted by Crippen LogP contribution is 2.26. The predicted molar refractivity (Wildman–Crippen MR) is 76.6 cm³/mol. The van der Waals surface area contributed by atoms with Gasteiger partial charge < -0.3 is 10.6 Å². The molecule has 0 aliphatic carbocycles. The van der Waals surface area contributed by atoms with Gasteiger partial charge in [0.1, 0.15) is 0 Å². The second kappa shape index (κ2) is 6.02. The fraction of sp³-hybridized carbons (Fsp3) is 0.571. The van der Waals surface area contributed by atoms with Gasteiger partial charge in [-0.3, -0.25) is 10.1 Å². The van der Waals surface area contributed by atoms with E-state index in [2.05, 4.69) is 17.6 Å². The summed E-state index contributed by atoms with van der Waals surface area (Å²) in [6.07, 6.45) is 3.51. The number of benzene rings is 1. The van der Waals surface area contributed by atoms with E-state index in [1.807, 2.05) is 6.07 Å². The first-order valence-corrected chi connectivity index (χ1v) is 6.82. The molecule has 2 rings (SSSR count). The minimum Gasteiger partial charge on any atom is -0.382 e. The molecule has 104 valence electrons. The highest BCUT2D eigenvalue weighted by molar-refractivity contribution is 5.60. The number of nitro benzene ring substituents is 1. The molecule has 0 saturated carbocycles. The quantitative estimate of drug-likeness (QED) is 0.633. The second-order valence-corrected chi connectivity index (χ2v) is 5.28. The highest BCUT2D eigenvalue weighted by atomic mass is 16.6. The van der Waals surface area contributed by atoms with Gasteiger partial charge in [0.25, 0.3) is 5.69 Å². The zero-order valence-electron chi connectivity index (χ0n) is 11.5. The van der Waals surface area contributed by atoms with E-state index in [1.165, 1.54) is 12.8 Å². The number of rotatable bonds is 5. The van der Waals surface area contributed by atoms with Crippen molar-refractivity contribution in [1.29, 1.82) is 0 Å². The average Bonchev–Trinajstić information content (AvgIpc) is 2.84. The number of nitrogens with zero attached hydrogens (tertiary/aromatic N) is 1. The van der Waals surface area contributed by atoms with Crippen LogP contribution in [0.5, 0.6) is 0 Å². The maximum Gasteiger partial charge on any atom is 0.274 e. The largest absolute Gasteiger partial charge is 0.382 e. The first-order valence-electron chi connectivity index (χ1n) is 6.82. The SMILES string of the molecule is Cc1c(NC(C)CC2CCCN2)cccc1[N+](=O)[O-]. The summed E-state index contributed by atoms with van der Waals surface area (Å²) in [7, 11) is 0. The summed E-state index contributed by atoms with van der Waals surface area (Å²) in [5, 5.41) is 17.8. The molecule has 1 heterocycles. The summed E-state index contributed by atoms with van der Waals surface area (Å²) < 4.78 is 0. The van der Waals surface area contributed by atoms with E-state index >= 15 is 0 Å². The number of anilines is 1. The topological polar surface area (TPSA) is 67.2 Å². The molecular formula is C14H21N3O2. The van der Waals surface area contributed by atoms with Crippen LogP contribution in [0, 0.1) is 17.0 Å². The van der Waals surface area contributed by atoms with Crippen LogP contribution in [0.1, 0.15) is 31.7 Å². The first-order chi connectivity index (χ1) is 9.08. The van der Waals surface area contributed by atoms with E-state index < -0.39 is 0 Å². The molecule has 1 aliphatic heterocycles. The van der Waals surface area contributed by atoms with Gasteiger partial charge in [0.05, 0.1) is 4.92 Å². The van der Waals surface area contributed by atoms with Crippen LogP contribution in [0.2, 0.25) is 0 Å². The van der Waals surface area contributed by atoms with Crippen LogP contribution >= 0.6 is 0 Å². The fourth-order valence-corrected chi connectivity index (χ4v) is 2.69. The molecule has 5 nitrogen and oxygen atoms in total. The Kier molecular flexibility index (Phi) is 4.37. The van der Waals surface area contributed by atoms with Crippen molar-refractivity contribution in [1.82, 2.24) is 5.32 Å². The smallest absolute Gasteiger partial charge is 0.274 e. The molecule has 2 atom stereocenters. The third-order valence-electron chi connectivity index (χ3n) is 3.70. The first kappa shape index (κ1) is 13.8. The van der Waals surface area contributed by atoms with Gasteiger partial charge in [-0.25, -0.2) is 0 Å². The van der Waals surface area contributed by atoms with Gasteiger partial charge in [-0.15, -0.1) is 0 Å². The van der Waals surface area contributed by atoms with Crippen LogP contribution in [0.4, 0.5) is 11.4 Å². The molecule has 0 aromatic heterocycles.